The molecular formula is C10H15ClN2O3S. The second kappa shape index (κ2) is 5.12. The van der Waals surface area contributed by atoms with Crippen LogP contribution in [0.2, 0.25) is 5.02 Å². The van der Waals surface area contributed by atoms with Crippen molar-refractivity contribution in [2.75, 3.05) is 25.9 Å². The molecule has 5 nitrogen and oxygen atoms in total. The van der Waals surface area contributed by atoms with E-state index in [-0.39, 0.29) is 0 Å². The summed E-state index contributed by atoms with van der Waals surface area (Å²) in [6.07, 6.45) is 0. The van der Waals surface area contributed by atoms with Gasteiger partial charge in [0.2, 0.25) is 0 Å². The standard InChI is InChI=1S/C10H15ClN2O3S/c1-7-5-9(10(16-4)6-8(7)11)12-17(14,15)13(2)3/h5-6,12H,1-4H3. The van der Waals surface area contributed by atoms with Gasteiger partial charge in [0.25, 0.3) is 0 Å². The van der Waals surface area contributed by atoms with Crippen LogP contribution in [-0.2, 0) is 10.2 Å². The third kappa shape index (κ3) is 3.24. The van der Waals surface area contributed by atoms with Gasteiger partial charge < -0.3 is 4.74 Å². The summed E-state index contributed by atoms with van der Waals surface area (Å²) in [5, 5.41) is 0.523. The summed E-state index contributed by atoms with van der Waals surface area (Å²) in [4.78, 5) is 0. The average molecular weight is 279 g/mol. The van der Waals surface area contributed by atoms with Gasteiger partial charge in [0, 0.05) is 25.2 Å². The lowest BCUT2D eigenvalue weighted by molar-refractivity contribution is 0.416. The maximum Gasteiger partial charge on any atom is 0.301 e. The number of hydrogen-bond acceptors (Lipinski definition) is 3. The molecule has 0 saturated heterocycles. The van der Waals surface area contributed by atoms with Gasteiger partial charge >= 0.3 is 10.2 Å². The topological polar surface area (TPSA) is 58.6 Å². The Balaban J connectivity index is 3.19. The molecule has 1 aromatic carbocycles. The highest BCUT2D eigenvalue weighted by Gasteiger charge is 2.16. The first kappa shape index (κ1) is 14.1. The van der Waals surface area contributed by atoms with E-state index in [4.69, 9.17) is 16.3 Å². The number of rotatable bonds is 4. The molecule has 0 spiro atoms. The molecule has 0 aliphatic rings. The summed E-state index contributed by atoms with van der Waals surface area (Å²) < 4.78 is 32.0. The molecule has 1 rings (SSSR count). The lowest BCUT2D eigenvalue weighted by Crippen LogP contribution is -2.29. The summed E-state index contributed by atoms with van der Waals surface area (Å²) in [5.41, 5.74) is 1.13. The Morgan fingerprint density at radius 1 is 1.35 bits per heavy atom. The van der Waals surface area contributed by atoms with Crippen molar-refractivity contribution < 1.29 is 13.2 Å². The van der Waals surface area contributed by atoms with Gasteiger partial charge in [-0.15, -0.1) is 0 Å². The number of aryl methyl sites for hydroxylation is 1. The fourth-order valence-corrected chi connectivity index (χ4v) is 1.92. The van der Waals surface area contributed by atoms with Crippen molar-refractivity contribution in [3.8, 4) is 5.75 Å². The number of nitrogens with one attached hydrogen (secondary N) is 1. The van der Waals surface area contributed by atoms with Gasteiger partial charge in [-0.2, -0.15) is 12.7 Å². The van der Waals surface area contributed by atoms with Crippen LogP contribution in [0.5, 0.6) is 5.75 Å². The molecule has 1 N–H and O–H groups in total. The van der Waals surface area contributed by atoms with Crippen molar-refractivity contribution in [1.82, 2.24) is 4.31 Å². The molecule has 7 heteroatoms. The first-order valence-electron chi connectivity index (χ1n) is 4.82. The van der Waals surface area contributed by atoms with Gasteiger partial charge in [-0.1, -0.05) is 11.6 Å². The van der Waals surface area contributed by atoms with Crippen molar-refractivity contribution in [3.63, 3.8) is 0 Å². The summed E-state index contributed by atoms with van der Waals surface area (Å²) >= 11 is 5.93. The molecule has 0 radical (unpaired) electrons. The smallest absolute Gasteiger partial charge is 0.301 e. The molecule has 0 bridgehead atoms. The van der Waals surface area contributed by atoms with Crippen molar-refractivity contribution in [2.24, 2.45) is 0 Å². The van der Waals surface area contributed by atoms with Crippen LogP contribution in [-0.4, -0.2) is 33.9 Å². The Hall–Kier alpha value is -0.980. The zero-order chi connectivity index (χ0) is 13.2. The molecule has 0 aliphatic heterocycles. The molecule has 1 aromatic rings. The Bertz CT molecular complexity index is 515. The summed E-state index contributed by atoms with van der Waals surface area (Å²) in [7, 11) is 0.784. The Kier molecular flexibility index (Phi) is 4.24. The minimum Gasteiger partial charge on any atom is -0.495 e. The van der Waals surface area contributed by atoms with E-state index in [0.717, 1.165) is 9.87 Å². The molecule has 17 heavy (non-hydrogen) atoms. The van der Waals surface area contributed by atoms with Crippen LogP contribution in [0.3, 0.4) is 0 Å². The predicted octanol–water partition coefficient (Wildman–Crippen LogP) is 1.88. The zero-order valence-corrected chi connectivity index (χ0v) is 11.7. The summed E-state index contributed by atoms with van der Waals surface area (Å²) in [6, 6.07) is 3.20. The Labute approximate surface area is 107 Å². The molecule has 0 unspecified atom stereocenters. The van der Waals surface area contributed by atoms with E-state index >= 15 is 0 Å². The average Bonchev–Trinajstić information content (AvgIpc) is 2.22. The van der Waals surface area contributed by atoms with E-state index in [2.05, 4.69) is 4.72 Å². The number of methoxy groups -OCH3 is 1. The number of benzene rings is 1. The summed E-state index contributed by atoms with van der Waals surface area (Å²) in [6.45, 7) is 1.79. The van der Waals surface area contributed by atoms with E-state index < -0.39 is 10.2 Å². The summed E-state index contributed by atoms with van der Waals surface area (Å²) in [5.74, 6) is 0.381. The third-order valence-electron chi connectivity index (χ3n) is 2.20. The van der Waals surface area contributed by atoms with Gasteiger partial charge in [-0.3, -0.25) is 4.72 Å². The third-order valence-corrected chi connectivity index (χ3v) is 4.05. The minimum absolute atomic E-state index is 0.364. The Morgan fingerprint density at radius 2 is 1.94 bits per heavy atom. The molecule has 0 aromatic heterocycles. The number of anilines is 1. The molecule has 96 valence electrons. The van der Waals surface area contributed by atoms with Crippen LogP contribution in [0.25, 0.3) is 0 Å². The Morgan fingerprint density at radius 3 is 2.41 bits per heavy atom. The molecule has 0 saturated carbocycles. The molecule has 0 amide bonds. The fourth-order valence-electron chi connectivity index (χ4n) is 1.14. The van der Waals surface area contributed by atoms with E-state index in [1.807, 2.05) is 0 Å². The van der Waals surface area contributed by atoms with Crippen LogP contribution >= 0.6 is 11.6 Å². The first-order valence-corrected chi connectivity index (χ1v) is 6.64. The van der Waals surface area contributed by atoms with Crippen LogP contribution in [0.15, 0.2) is 12.1 Å². The lowest BCUT2D eigenvalue weighted by Gasteiger charge is -2.16. The largest absolute Gasteiger partial charge is 0.495 e. The highest BCUT2D eigenvalue weighted by molar-refractivity contribution is 7.90. The fraction of sp³-hybridized carbons (Fsp3) is 0.400. The van der Waals surface area contributed by atoms with E-state index in [1.165, 1.54) is 21.2 Å². The maximum atomic E-state index is 11.7. The highest BCUT2D eigenvalue weighted by Crippen LogP contribution is 2.31. The normalized spacial score (nSPS) is 11.6. The van der Waals surface area contributed by atoms with E-state index in [0.29, 0.717) is 16.5 Å². The molecule has 0 heterocycles. The van der Waals surface area contributed by atoms with Crippen molar-refractivity contribution in [2.45, 2.75) is 6.92 Å². The second-order valence-electron chi connectivity index (χ2n) is 3.69. The number of nitrogens with zero attached hydrogens (tertiary/aromatic N) is 1. The first-order chi connectivity index (χ1) is 7.77. The number of ether oxygens (including phenoxy) is 1. The van der Waals surface area contributed by atoms with Gasteiger partial charge in [-0.25, -0.2) is 0 Å². The van der Waals surface area contributed by atoms with E-state index in [1.54, 1.807) is 19.1 Å². The monoisotopic (exact) mass is 278 g/mol. The van der Waals surface area contributed by atoms with Crippen molar-refractivity contribution in [1.29, 1.82) is 0 Å². The lowest BCUT2D eigenvalue weighted by atomic mass is 10.2. The molecular weight excluding hydrogens is 264 g/mol. The zero-order valence-electron chi connectivity index (χ0n) is 10.1. The maximum absolute atomic E-state index is 11.7. The SMILES string of the molecule is COc1cc(Cl)c(C)cc1NS(=O)(=O)N(C)C. The number of hydrogen-bond donors (Lipinski definition) is 1. The van der Waals surface area contributed by atoms with Crippen LogP contribution in [0.4, 0.5) is 5.69 Å². The minimum atomic E-state index is -3.55. The van der Waals surface area contributed by atoms with Gasteiger partial charge in [0.15, 0.2) is 0 Å². The van der Waals surface area contributed by atoms with Gasteiger partial charge in [0.05, 0.1) is 12.8 Å². The number of halogens is 1. The quantitative estimate of drug-likeness (QED) is 0.915. The van der Waals surface area contributed by atoms with E-state index in [9.17, 15) is 8.42 Å². The van der Waals surface area contributed by atoms with Crippen molar-refractivity contribution in [3.05, 3.63) is 22.7 Å². The molecule has 0 fully saturated rings. The van der Waals surface area contributed by atoms with Gasteiger partial charge in [-0.05, 0) is 18.6 Å². The van der Waals surface area contributed by atoms with Crippen LogP contribution < -0.4 is 9.46 Å². The van der Waals surface area contributed by atoms with Crippen molar-refractivity contribution >= 4 is 27.5 Å². The predicted molar refractivity (Wildman–Crippen MR) is 69.0 cm³/mol. The van der Waals surface area contributed by atoms with Crippen LogP contribution in [0, 0.1) is 6.92 Å². The van der Waals surface area contributed by atoms with Gasteiger partial charge in [0.1, 0.15) is 5.75 Å². The van der Waals surface area contributed by atoms with Crippen LogP contribution in [0.1, 0.15) is 5.56 Å². The molecule has 0 aliphatic carbocycles. The second-order valence-corrected chi connectivity index (χ2v) is 5.98. The molecule has 0 atom stereocenters. The highest BCUT2D eigenvalue weighted by atomic mass is 35.5.